The molecule has 0 fully saturated rings. The lowest BCUT2D eigenvalue weighted by atomic mass is 10.1. The smallest absolute Gasteiger partial charge is 0.275 e. The number of aromatic nitrogens is 1. The van der Waals surface area contributed by atoms with Crippen LogP contribution in [0.5, 0.6) is 0 Å². The third kappa shape index (κ3) is 1.72. The van der Waals surface area contributed by atoms with Crippen molar-refractivity contribution in [2.45, 2.75) is 5.92 Å². The molecule has 6 heteroatoms. The van der Waals surface area contributed by atoms with Crippen LogP contribution in [-0.2, 0) is 4.79 Å². The number of urea groups is 1. The lowest BCUT2D eigenvalue weighted by Crippen LogP contribution is -2.37. The molecule has 1 unspecified atom stereocenters. The molecule has 17 heavy (non-hydrogen) atoms. The monoisotopic (exact) mass is 245 g/mol. The van der Waals surface area contributed by atoms with Gasteiger partial charge in [-0.25, -0.2) is 14.8 Å². The molecule has 1 atom stereocenters. The average molecular weight is 245 g/mol. The van der Waals surface area contributed by atoms with Gasteiger partial charge in [-0.3, -0.25) is 10.1 Å². The highest BCUT2D eigenvalue weighted by Crippen LogP contribution is 2.27. The number of nitrogens with one attached hydrogen (secondary N) is 1. The second-order valence-electron chi connectivity index (χ2n) is 3.57. The van der Waals surface area contributed by atoms with Gasteiger partial charge in [-0.1, -0.05) is 12.1 Å². The van der Waals surface area contributed by atoms with E-state index in [9.17, 15) is 9.59 Å². The maximum atomic E-state index is 11.6. The third-order valence-electron chi connectivity index (χ3n) is 2.43. The number of fused-ring (bicyclic) bond motifs is 1. The van der Waals surface area contributed by atoms with Crippen LogP contribution in [0.4, 0.5) is 4.79 Å². The number of aliphatic imine (C=N–C) groups is 1. The normalized spacial score (nSPS) is 19.6. The van der Waals surface area contributed by atoms with Gasteiger partial charge in [0.05, 0.1) is 10.2 Å². The maximum absolute atomic E-state index is 11.6. The number of amides is 3. The first-order chi connectivity index (χ1) is 8.24. The van der Waals surface area contributed by atoms with Crippen LogP contribution in [0.15, 0.2) is 29.3 Å². The molecule has 1 aromatic heterocycles. The minimum Gasteiger partial charge on any atom is -0.275 e. The lowest BCUT2D eigenvalue weighted by molar-refractivity contribution is -0.120. The van der Waals surface area contributed by atoms with Crippen LogP contribution in [0.25, 0.3) is 10.2 Å². The van der Waals surface area contributed by atoms with E-state index in [2.05, 4.69) is 15.3 Å². The largest absolute Gasteiger partial charge is 0.347 e. The summed E-state index contributed by atoms with van der Waals surface area (Å²) in [6.07, 6.45) is 1.35. The summed E-state index contributed by atoms with van der Waals surface area (Å²) in [4.78, 5) is 30.4. The van der Waals surface area contributed by atoms with Gasteiger partial charge in [-0.2, -0.15) is 0 Å². The highest BCUT2D eigenvalue weighted by atomic mass is 32.1. The number of imide groups is 1. The van der Waals surface area contributed by atoms with Crippen LogP contribution in [-0.4, -0.2) is 23.1 Å². The van der Waals surface area contributed by atoms with Crippen molar-refractivity contribution in [2.24, 2.45) is 4.99 Å². The van der Waals surface area contributed by atoms with Crippen molar-refractivity contribution >= 4 is 39.7 Å². The molecule has 1 N–H and O–H groups in total. The number of rotatable bonds is 1. The van der Waals surface area contributed by atoms with E-state index in [0.29, 0.717) is 5.01 Å². The molecular formula is C11H7N3O2S. The highest BCUT2D eigenvalue weighted by Gasteiger charge is 2.27. The highest BCUT2D eigenvalue weighted by molar-refractivity contribution is 7.18. The van der Waals surface area contributed by atoms with E-state index in [-0.39, 0.29) is 5.91 Å². The summed E-state index contributed by atoms with van der Waals surface area (Å²) in [6, 6.07) is 7.03. The van der Waals surface area contributed by atoms with Crippen LogP contribution >= 0.6 is 11.3 Å². The Kier molecular flexibility index (Phi) is 2.22. The van der Waals surface area contributed by atoms with Gasteiger partial charge >= 0.3 is 6.03 Å². The SMILES string of the molecule is O=C1N=CC(c2nc3ccccc3s2)C(=O)N1. The fourth-order valence-electron chi connectivity index (χ4n) is 1.62. The molecule has 0 aliphatic carbocycles. The number of thiazole rings is 1. The van der Waals surface area contributed by atoms with Gasteiger partial charge in [0, 0.05) is 6.21 Å². The molecule has 1 aliphatic heterocycles. The van der Waals surface area contributed by atoms with Crippen molar-refractivity contribution in [1.29, 1.82) is 0 Å². The summed E-state index contributed by atoms with van der Waals surface area (Å²) in [6.45, 7) is 0. The van der Waals surface area contributed by atoms with Gasteiger partial charge in [0.15, 0.2) is 0 Å². The minimum atomic E-state index is -0.618. The molecule has 5 nitrogen and oxygen atoms in total. The molecule has 0 radical (unpaired) electrons. The number of hydrogen-bond donors (Lipinski definition) is 1. The third-order valence-corrected chi connectivity index (χ3v) is 3.55. The molecule has 0 saturated heterocycles. The second-order valence-corrected chi connectivity index (χ2v) is 4.63. The zero-order chi connectivity index (χ0) is 11.8. The van der Waals surface area contributed by atoms with Crippen LogP contribution < -0.4 is 5.32 Å². The van der Waals surface area contributed by atoms with E-state index in [1.54, 1.807) is 0 Å². The van der Waals surface area contributed by atoms with Gasteiger partial charge in [-0.05, 0) is 12.1 Å². The number of carbonyl (C=O) groups is 2. The number of para-hydroxylation sites is 1. The fourth-order valence-corrected chi connectivity index (χ4v) is 2.65. The fraction of sp³-hybridized carbons (Fsp3) is 0.0909. The van der Waals surface area contributed by atoms with E-state index in [1.807, 2.05) is 24.3 Å². The molecular weight excluding hydrogens is 238 g/mol. The van der Waals surface area contributed by atoms with Crippen LogP contribution in [0.2, 0.25) is 0 Å². The van der Waals surface area contributed by atoms with Crippen LogP contribution in [0.3, 0.4) is 0 Å². The van der Waals surface area contributed by atoms with Gasteiger partial charge in [0.2, 0.25) is 5.91 Å². The van der Waals surface area contributed by atoms with E-state index in [1.165, 1.54) is 17.6 Å². The molecule has 0 bridgehead atoms. The number of hydrogen-bond acceptors (Lipinski definition) is 4. The molecule has 3 amide bonds. The Morgan fingerprint density at radius 3 is 2.82 bits per heavy atom. The first kappa shape index (κ1) is 10.1. The van der Waals surface area contributed by atoms with E-state index >= 15 is 0 Å². The van der Waals surface area contributed by atoms with Crippen molar-refractivity contribution < 1.29 is 9.59 Å². The summed E-state index contributed by atoms with van der Waals surface area (Å²) >= 11 is 1.43. The molecule has 0 spiro atoms. The quantitative estimate of drug-likeness (QED) is 0.831. The summed E-state index contributed by atoms with van der Waals surface area (Å²) in [5.74, 6) is -0.936. The van der Waals surface area contributed by atoms with Crippen LogP contribution in [0.1, 0.15) is 10.9 Å². The Labute approximate surface area is 100 Å². The zero-order valence-electron chi connectivity index (χ0n) is 8.58. The predicted molar refractivity (Wildman–Crippen MR) is 64.4 cm³/mol. The van der Waals surface area contributed by atoms with Crippen molar-refractivity contribution in [3.8, 4) is 0 Å². The topological polar surface area (TPSA) is 71.4 Å². The van der Waals surface area contributed by atoms with Gasteiger partial charge in [0.25, 0.3) is 0 Å². The first-order valence-corrected chi connectivity index (χ1v) is 5.80. The Balaban J connectivity index is 2.06. The number of carbonyl (C=O) groups excluding carboxylic acids is 2. The van der Waals surface area contributed by atoms with Crippen molar-refractivity contribution in [3.63, 3.8) is 0 Å². The molecule has 2 aromatic rings. The van der Waals surface area contributed by atoms with Crippen molar-refractivity contribution in [2.75, 3.05) is 0 Å². The average Bonchev–Trinajstić information content (AvgIpc) is 2.72. The molecule has 2 heterocycles. The van der Waals surface area contributed by atoms with Crippen molar-refractivity contribution in [3.05, 3.63) is 29.3 Å². The molecule has 84 valence electrons. The molecule has 1 aliphatic rings. The maximum Gasteiger partial charge on any atom is 0.347 e. The summed E-state index contributed by atoms with van der Waals surface area (Å²) < 4.78 is 1.01. The molecule has 1 aromatic carbocycles. The zero-order valence-corrected chi connectivity index (χ0v) is 9.40. The second kappa shape index (κ2) is 3.74. The van der Waals surface area contributed by atoms with Gasteiger partial charge < -0.3 is 0 Å². The Bertz CT molecular complexity index is 614. The van der Waals surface area contributed by atoms with E-state index < -0.39 is 11.9 Å². The molecule has 3 rings (SSSR count). The first-order valence-electron chi connectivity index (χ1n) is 4.98. The summed E-state index contributed by atoms with van der Waals surface area (Å²) in [7, 11) is 0. The van der Waals surface area contributed by atoms with E-state index in [0.717, 1.165) is 10.2 Å². The number of nitrogens with zero attached hydrogens (tertiary/aromatic N) is 2. The van der Waals surface area contributed by atoms with Gasteiger partial charge in [-0.15, -0.1) is 11.3 Å². The minimum absolute atomic E-state index is 0.371. The van der Waals surface area contributed by atoms with Gasteiger partial charge in [0.1, 0.15) is 10.9 Å². The van der Waals surface area contributed by atoms with Crippen molar-refractivity contribution in [1.82, 2.24) is 10.3 Å². The lowest BCUT2D eigenvalue weighted by Gasteiger charge is -2.11. The predicted octanol–water partition coefficient (Wildman–Crippen LogP) is 1.70. The Morgan fingerprint density at radius 2 is 2.06 bits per heavy atom. The summed E-state index contributed by atoms with van der Waals surface area (Å²) in [5, 5.41) is 2.82. The number of benzene rings is 1. The van der Waals surface area contributed by atoms with E-state index in [4.69, 9.17) is 0 Å². The Hall–Kier alpha value is -2.08. The standard InChI is InChI=1S/C11H7N3O2S/c15-9-6(5-12-11(16)14-9)10-13-7-3-1-2-4-8(7)17-10/h1-6H,(H,14,15,16). The molecule has 0 saturated carbocycles. The van der Waals surface area contributed by atoms with Crippen LogP contribution in [0, 0.1) is 0 Å². The summed E-state index contributed by atoms with van der Waals surface area (Å²) in [5.41, 5.74) is 0.852. The Morgan fingerprint density at radius 1 is 1.24 bits per heavy atom.